The zero-order valence-electron chi connectivity index (χ0n) is 14.3. The standard InChI is InChI=1S/C17H22N2O5/c1-17-10-15(20)19(18-14(17)5-6-16(23-4)24-17)11-7-12(21-2)9-13(8-11)22-3/h5,7-9,16,18H,6,10H2,1-4H3/t16-,17-/m0/s1. The molecule has 1 amide bonds. The van der Waals surface area contributed by atoms with Gasteiger partial charge in [0.2, 0.25) is 5.91 Å². The van der Waals surface area contributed by atoms with Crippen molar-refractivity contribution >= 4 is 11.6 Å². The number of nitrogens with zero attached hydrogens (tertiary/aromatic N) is 1. The average molecular weight is 334 g/mol. The maximum absolute atomic E-state index is 12.7. The Labute approximate surface area is 141 Å². The van der Waals surface area contributed by atoms with Crippen molar-refractivity contribution < 1.29 is 23.7 Å². The van der Waals surface area contributed by atoms with Gasteiger partial charge in [0.1, 0.15) is 17.1 Å². The topological polar surface area (TPSA) is 69.3 Å². The van der Waals surface area contributed by atoms with E-state index in [1.54, 1.807) is 39.5 Å². The summed E-state index contributed by atoms with van der Waals surface area (Å²) in [4.78, 5) is 12.7. The molecule has 24 heavy (non-hydrogen) atoms. The number of carbonyl (C=O) groups excluding carboxylic acids is 1. The summed E-state index contributed by atoms with van der Waals surface area (Å²) in [6.45, 7) is 1.89. The van der Waals surface area contributed by atoms with Gasteiger partial charge < -0.3 is 18.9 Å². The molecule has 0 spiro atoms. The molecule has 1 aromatic rings. The molecular weight excluding hydrogens is 312 g/mol. The van der Waals surface area contributed by atoms with Gasteiger partial charge in [-0.05, 0) is 6.92 Å². The fourth-order valence-corrected chi connectivity index (χ4v) is 2.96. The second-order valence-corrected chi connectivity index (χ2v) is 5.96. The van der Waals surface area contributed by atoms with Crippen LogP contribution in [-0.4, -0.2) is 39.1 Å². The van der Waals surface area contributed by atoms with E-state index in [9.17, 15) is 4.79 Å². The number of carbonyl (C=O) groups is 1. The molecule has 130 valence electrons. The lowest BCUT2D eigenvalue weighted by atomic mass is 9.92. The quantitative estimate of drug-likeness (QED) is 0.908. The van der Waals surface area contributed by atoms with Crippen molar-refractivity contribution in [2.45, 2.75) is 31.7 Å². The fourth-order valence-electron chi connectivity index (χ4n) is 2.96. The van der Waals surface area contributed by atoms with Gasteiger partial charge in [0.25, 0.3) is 0 Å². The molecule has 2 atom stereocenters. The predicted molar refractivity (Wildman–Crippen MR) is 87.8 cm³/mol. The Morgan fingerprint density at radius 2 is 1.88 bits per heavy atom. The summed E-state index contributed by atoms with van der Waals surface area (Å²) in [5.41, 5.74) is 3.94. The lowest BCUT2D eigenvalue weighted by Crippen LogP contribution is -2.59. The van der Waals surface area contributed by atoms with Gasteiger partial charge in [-0.1, -0.05) is 6.08 Å². The summed E-state index contributed by atoms with van der Waals surface area (Å²) in [7, 11) is 4.74. The van der Waals surface area contributed by atoms with Gasteiger partial charge in [-0.3, -0.25) is 10.2 Å². The molecule has 2 heterocycles. The zero-order chi connectivity index (χ0) is 17.3. The molecule has 3 rings (SSSR count). The third kappa shape index (κ3) is 2.92. The predicted octanol–water partition coefficient (Wildman–Crippen LogP) is 1.98. The van der Waals surface area contributed by atoms with Crippen LogP contribution in [0, 0.1) is 0 Å². The number of anilines is 1. The van der Waals surface area contributed by atoms with Gasteiger partial charge in [0.15, 0.2) is 6.29 Å². The molecule has 7 nitrogen and oxygen atoms in total. The number of hydrogen-bond acceptors (Lipinski definition) is 6. The highest BCUT2D eigenvalue weighted by Gasteiger charge is 2.44. The Bertz CT molecular complexity index is 653. The first-order chi connectivity index (χ1) is 11.5. The monoisotopic (exact) mass is 334 g/mol. The van der Waals surface area contributed by atoms with E-state index in [4.69, 9.17) is 18.9 Å². The number of benzene rings is 1. The van der Waals surface area contributed by atoms with Gasteiger partial charge in [-0.25, -0.2) is 5.01 Å². The first kappa shape index (κ1) is 16.6. The molecule has 0 radical (unpaired) electrons. The molecule has 2 aliphatic rings. The van der Waals surface area contributed by atoms with E-state index in [1.165, 1.54) is 5.01 Å². The van der Waals surface area contributed by atoms with E-state index in [-0.39, 0.29) is 18.6 Å². The highest BCUT2D eigenvalue weighted by Crippen LogP contribution is 2.37. The highest BCUT2D eigenvalue weighted by molar-refractivity contribution is 5.95. The molecule has 0 saturated carbocycles. The van der Waals surface area contributed by atoms with Gasteiger partial charge in [-0.2, -0.15) is 0 Å². The van der Waals surface area contributed by atoms with Crippen molar-refractivity contribution in [3.63, 3.8) is 0 Å². The average Bonchev–Trinajstić information content (AvgIpc) is 2.59. The van der Waals surface area contributed by atoms with E-state index in [0.717, 1.165) is 5.70 Å². The minimum atomic E-state index is -0.713. The fraction of sp³-hybridized carbons (Fsp3) is 0.471. The lowest BCUT2D eigenvalue weighted by Gasteiger charge is -2.45. The Kier molecular flexibility index (Phi) is 4.38. The molecule has 2 aliphatic heterocycles. The van der Waals surface area contributed by atoms with Crippen LogP contribution < -0.4 is 19.9 Å². The van der Waals surface area contributed by atoms with E-state index in [2.05, 4.69) is 5.43 Å². The van der Waals surface area contributed by atoms with Crippen molar-refractivity contribution in [3.8, 4) is 11.5 Å². The second kappa shape index (κ2) is 6.33. The van der Waals surface area contributed by atoms with Crippen molar-refractivity contribution in [2.24, 2.45) is 0 Å². The molecule has 0 unspecified atom stereocenters. The van der Waals surface area contributed by atoms with Crippen LogP contribution in [0.15, 0.2) is 30.0 Å². The van der Waals surface area contributed by atoms with Gasteiger partial charge in [-0.15, -0.1) is 0 Å². The third-order valence-corrected chi connectivity index (χ3v) is 4.30. The van der Waals surface area contributed by atoms with Crippen molar-refractivity contribution in [2.75, 3.05) is 26.3 Å². The van der Waals surface area contributed by atoms with Crippen LogP contribution in [0.1, 0.15) is 19.8 Å². The lowest BCUT2D eigenvalue weighted by molar-refractivity contribution is -0.194. The number of rotatable bonds is 4. The summed E-state index contributed by atoms with van der Waals surface area (Å²) in [6, 6.07) is 5.31. The van der Waals surface area contributed by atoms with Crippen LogP contribution >= 0.6 is 0 Å². The van der Waals surface area contributed by atoms with Crippen LogP contribution in [0.3, 0.4) is 0 Å². The van der Waals surface area contributed by atoms with Crippen LogP contribution in [0.5, 0.6) is 11.5 Å². The third-order valence-electron chi connectivity index (χ3n) is 4.30. The molecule has 0 aliphatic carbocycles. The zero-order valence-corrected chi connectivity index (χ0v) is 14.3. The minimum absolute atomic E-state index is 0.110. The summed E-state index contributed by atoms with van der Waals surface area (Å²) in [6.07, 6.45) is 2.51. The largest absolute Gasteiger partial charge is 0.497 e. The van der Waals surface area contributed by atoms with Gasteiger partial charge in [0.05, 0.1) is 32.0 Å². The van der Waals surface area contributed by atoms with E-state index >= 15 is 0 Å². The smallest absolute Gasteiger partial charge is 0.248 e. The Balaban J connectivity index is 1.92. The normalized spacial score (nSPS) is 26.3. The van der Waals surface area contributed by atoms with Crippen LogP contribution in [-0.2, 0) is 14.3 Å². The first-order valence-electron chi connectivity index (χ1n) is 7.73. The van der Waals surface area contributed by atoms with Crippen molar-refractivity contribution in [1.29, 1.82) is 0 Å². The summed E-state index contributed by atoms with van der Waals surface area (Å²) < 4.78 is 21.7. The van der Waals surface area contributed by atoms with E-state index in [0.29, 0.717) is 23.6 Å². The molecule has 7 heteroatoms. The molecular formula is C17H22N2O5. The summed E-state index contributed by atoms with van der Waals surface area (Å²) in [5, 5.41) is 1.50. The molecule has 1 fully saturated rings. The van der Waals surface area contributed by atoms with Crippen molar-refractivity contribution in [3.05, 3.63) is 30.0 Å². The second-order valence-electron chi connectivity index (χ2n) is 5.96. The number of hydrazine groups is 1. The number of fused-ring (bicyclic) bond motifs is 1. The first-order valence-corrected chi connectivity index (χ1v) is 7.73. The highest BCUT2D eigenvalue weighted by atomic mass is 16.7. The van der Waals surface area contributed by atoms with Crippen LogP contribution in [0.25, 0.3) is 0 Å². The Morgan fingerprint density at radius 3 is 2.46 bits per heavy atom. The number of methoxy groups -OCH3 is 3. The molecule has 0 aromatic heterocycles. The number of nitrogens with one attached hydrogen (secondary N) is 1. The Hall–Kier alpha value is -2.25. The SMILES string of the molecule is COc1cc(OC)cc(N2NC3=CC[C@@H](OC)O[C@@]3(C)CC2=O)c1. The molecule has 1 N–H and O–H groups in total. The van der Waals surface area contributed by atoms with E-state index < -0.39 is 5.60 Å². The van der Waals surface area contributed by atoms with Crippen LogP contribution in [0.2, 0.25) is 0 Å². The maximum Gasteiger partial charge on any atom is 0.248 e. The van der Waals surface area contributed by atoms with Gasteiger partial charge in [0, 0.05) is 31.7 Å². The number of ether oxygens (including phenoxy) is 4. The minimum Gasteiger partial charge on any atom is -0.497 e. The van der Waals surface area contributed by atoms with Gasteiger partial charge >= 0.3 is 0 Å². The summed E-state index contributed by atoms with van der Waals surface area (Å²) in [5.74, 6) is 1.11. The number of hydrogen-bond donors (Lipinski definition) is 1. The molecule has 1 saturated heterocycles. The molecule has 1 aromatic carbocycles. The maximum atomic E-state index is 12.7. The molecule has 0 bridgehead atoms. The Morgan fingerprint density at radius 1 is 1.21 bits per heavy atom. The van der Waals surface area contributed by atoms with E-state index in [1.807, 2.05) is 13.0 Å². The van der Waals surface area contributed by atoms with Crippen molar-refractivity contribution in [1.82, 2.24) is 5.43 Å². The number of amides is 1. The van der Waals surface area contributed by atoms with Crippen LogP contribution in [0.4, 0.5) is 5.69 Å². The summed E-state index contributed by atoms with van der Waals surface area (Å²) >= 11 is 0.